The third-order valence-corrected chi connectivity index (χ3v) is 6.18. The van der Waals surface area contributed by atoms with E-state index in [0.29, 0.717) is 0 Å². The van der Waals surface area contributed by atoms with Gasteiger partial charge in [-0.2, -0.15) is 0 Å². The highest BCUT2D eigenvalue weighted by Crippen LogP contribution is 2.38. The van der Waals surface area contributed by atoms with Gasteiger partial charge >= 0.3 is 0 Å². The van der Waals surface area contributed by atoms with Crippen molar-refractivity contribution in [1.29, 1.82) is 0 Å². The number of para-hydroxylation sites is 1. The Morgan fingerprint density at radius 2 is 1.32 bits per heavy atom. The molecule has 0 unspecified atom stereocenters. The molecule has 0 radical (unpaired) electrons. The zero-order valence-electron chi connectivity index (χ0n) is 18.1. The molecule has 160 valence electrons. The molecule has 0 aliphatic rings. The lowest BCUT2D eigenvalue weighted by Crippen LogP contribution is -1.99. The Balaban J connectivity index is 1.62. The molecular weight excluding hydrogens is 420 g/mol. The first kappa shape index (κ1) is 18.8. The maximum atomic E-state index is 5.99. The normalized spacial score (nSPS) is 11.5. The number of rotatable bonds is 3. The van der Waals surface area contributed by atoms with Gasteiger partial charge in [-0.1, -0.05) is 42.5 Å². The second-order valence-electron chi connectivity index (χ2n) is 8.18. The van der Waals surface area contributed by atoms with Gasteiger partial charge in [0.15, 0.2) is 5.58 Å². The molecule has 2 aromatic carbocycles. The van der Waals surface area contributed by atoms with Gasteiger partial charge in [0.1, 0.15) is 0 Å². The lowest BCUT2D eigenvalue weighted by molar-refractivity contribution is 0.618. The summed E-state index contributed by atoms with van der Waals surface area (Å²) in [5.74, 6) is 0. The van der Waals surface area contributed by atoms with E-state index in [4.69, 9.17) is 9.40 Å². The summed E-state index contributed by atoms with van der Waals surface area (Å²) in [6, 6.07) is 30.6. The third kappa shape index (κ3) is 2.84. The van der Waals surface area contributed by atoms with Crippen LogP contribution >= 0.6 is 0 Å². The van der Waals surface area contributed by atoms with E-state index < -0.39 is 0 Å². The Kier molecular flexibility index (Phi) is 4.08. The summed E-state index contributed by atoms with van der Waals surface area (Å²) in [5.41, 5.74) is 7.18. The zero-order valence-corrected chi connectivity index (χ0v) is 18.1. The zero-order chi connectivity index (χ0) is 22.5. The molecule has 0 aliphatic heterocycles. The first-order chi connectivity index (χ1) is 16.9. The van der Waals surface area contributed by atoms with Crippen molar-refractivity contribution >= 4 is 32.8 Å². The summed E-state index contributed by atoms with van der Waals surface area (Å²) in [6.45, 7) is 0. The molecule has 34 heavy (non-hydrogen) atoms. The summed E-state index contributed by atoms with van der Waals surface area (Å²) in [5, 5.41) is 3.39. The fourth-order valence-corrected chi connectivity index (χ4v) is 4.68. The molecule has 0 bridgehead atoms. The number of furan rings is 1. The van der Waals surface area contributed by atoms with Crippen LogP contribution in [0.15, 0.2) is 114 Å². The maximum Gasteiger partial charge on any atom is 0.158 e. The lowest BCUT2D eigenvalue weighted by Gasteiger charge is -2.12. The minimum Gasteiger partial charge on any atom is -0.462 e. The van der Waals surface area contributed by atoms with Crippen LogP contribution in [0, 0.1) is 0 Å². The highest BCUT2D eigenvalue weighted by atomic mass is 16.3. The fraction of sp³-hybridized carbons (Fsp3) is 0. The van der Waals surface area contributed by atoms with E-state index in [0.717, 1.165) is 55.9 Å². The van der Waals surface area contributed by atoms with E-state index in [9.17, 15) is 0 Å². The number of aromatic nitrogens is 4. The first-order valence-electron chi connectivity index (χ1n) is 11.1. The van der Waals surface area contributed by atoms with Gasteiger partial charge in [-0.05, 0) is 48.5 Å². The number of pyridine rings is 3. The van der Waals surface area contributed by atoms with E-state index in [2.05, 4.69) is 63.1 Å². The molecule has 7 aromatic rings. The second kappa shape index (κ2) is 7.39. The molecule has 0 fully saturated rings. The molecule has 0 atom stereocenters. The van der Waals surface area contributed by atoms with E-state index >= 15 is 0 Å². The monoisotopic (exact) mass is 438 g/mol. The number of nitrogens with zero attached hydrogens (tertiary/aromatic N) is 4. The molecule has 0 aliphatic carbocycles. The number of benzene rings is 2. The van der Waals surface area contributed by atoms with Crippen molar-refractivity contribution < 1.29 is 4.42 Å². The van der Waals surface area contributed by atoms with E-state index in [-0.39, 0.29) is 0 Å². The minimum atomic E-state index is 0.788. The van der Waals surface area contributed by atoms with Crippen molar-refractivity contribution in [1.82, 2.24) is 19.5 Å². The van der Waals surface area contributed by atoms with Gasteiger partial charge in [-0.25, -0.2) is 4.98 Å². The molecule has 5 nitrogen and oxygen atoms in total. The van der Waals surface area contributed by atoms with Crippen molar-refractivity contribution in [3.63, 3.8) is 0 Å². The average molecular weight is 438 g/mol. The number of hydrogen-bond acceptors (Lipinski definition) is 4. The van der Waals surface area contributed by atoms with Gasteiger partial charge in [-0.15, -0.1) is 0 Å². The van der Waals surface area contributed by atoms with Crippen LogP contribution in [-0.2, 0) is 0 Å². The highest BCUT2D eigenvalue weighted by Gasteiger charge is 2.18. The van der Waals surface area contributed by atoms with Crippen LogP contribution in [0.25, 0.3) is 61.2 Å². The van der Waals surface area contributed by atoms with Gasteiger partial charge in [0.05, 0.1) is 45.8 Å². The predicted molar refractivity (Wildman–Crippen MR) is 135 cm³/mol. The van der Waals surface area contributed by atoms with Crippen LogP contribution in [0.1, 0.15) is 0 Å². The van der Waals surface area contributed by atoms with E-state index in [1.807, 2.05) is 42.5 Å². The van der Waals surface area contributed by atoms with Crippen molar-refractivity contribution in [2.75, 3.05) is 0 Å². The molecule has 0 N–H and O–H groups in total. The smallest absolute Gasteiger partial charge is 0.158 e. The van der Waals surface area contributed by atoms with Crippen molar-refractivity contribution in [2.45, 2.75) is 0 Å². The second-order valence-corrected chi connectivity index (χ2v) is 8.18. The molecule has 5 aromatic heterocycles. The van der Waals surface area contributed by atoms with Gasteiger partial charge in [0.2, 0.25) is 0 Å². The van der Waals surface area contributed by atoms with Crippen LogP contribution in [0.3, 0.4) is 0 Å². The molecule has 0 amide bonds. The quantitative estimate of drug-likeness (QED) is 0.297. The molecular formula is C29H18N4O. The van der Waals surface area contributed by atoms with Crippen LogP contribution in [0.2, 0.25) is 0 Å². The number of fused-ring (bicyclic) bond motifs is 5. The van der Waals surface area contributed by atoms with Crippen LogP contribution < -0.4 is 0 Å². The topological polar surface area (TPSA) is 56.7 Å². The molecule has 5 heteroatoms. The van der Waals surface area contributed by atoms with E-state index in [1.54, 1.807) is 18.7 Å². The Morgan fingerprint density at radius 1 is 0.618 bits per heavy atom. The molecule has 0 saturated carbocycles. The van der Waals surface area contributed by atoms with Crippen LogP contribution in [0.5, 0.6) is 0 Å². The SMILES string of the molecule is c1ccc(-c2cc(-n3c4ccccc4c4ccc5ccoc5c43)cc(-c3ccccn3)n2)nc1. The van der Waals surface area contributed by atoms with Crippen molar-refractivity contribution in [2.24, 2.45) is 0 Å². The molecule has 7 rings (SSSR count). The van der Waals surface area contributed by atoms with Crippen molar-refractivity contribution in [3.8, 4) is 28.5 Å². The average Bonchev–Trinajstić information content (AvgIpc) is 3.52. The van der Waals surface area contributed by atoms with Gasteiger partial charge in [-0.3, -0.25) is 9.97 Å². The number of hydrogen-bond donors (Lipinski definition) is 0. The van der Waals surface area contributed by atoms with E-state index in [1.165, 1.54) is 5.39 Å². The molecule has 0 saturated heterocycles. The summed E-state index contributed by atoms with van der Waals surface area (Å²) < 4.78 is 8.25. The van der Waals surface area contributed by atoms with Gasteiger partial charge in [0.25, 0.3) is 0 Å². The summed E-state index contributed by atoms with van der Waals surface area (Å²) in [7, 11) is 0. The standard InChI is InChI=1S/C29H18N4O/c1-2-10-27-21(7-1)22-12-11-19-13-16-34-29(19)28(22)33(27)20-17-25(23-8-3-5-14-30-23)32-26(18-20)24-9-4-6-15-31-24/h1-18H. The Hall–Kier alpha value is -4.77. The minimum absolute atomic E-state index is 0.788. The van der Waals surface area contributed by atoms with Crippen LogP contribution in [-0.4, -0.2) is 19.5 Å². The third-order valence-electron chi connectivity index (χ3n) is 6.18. The lowest BCUT2D eigenvalue weighted by atomic mass is 10.1. The Morgan fingerprint density at radius 3 is 2.03 bits per heavy atom. The van der Waals surface area contributed by atoms with Crippen LogP contribution in [0.4, 0.5) is 0 Å². The van der Waals surface area contributed by atoms with Crippen molar-refractivity contribution in [3.05, 3.63) is 110 Å². The fourth-order valence-electron chi connectivity index (χ4n) is 4.68. The Bertz CT molecular complexity index is 1740. The maximum absolute atomic E-state index is 5.99. The first-order valence-corrected chi connectivity index (χ1v) is 11.1. The largest absolute Gasteiger partial charge is 0.462 e. The summed E-state index contributed by atoms with van der Waals surface area (Å²) in [4.78, 5) is 14.1. The summed E-state index contributed by atoms with van der Waals surface area (Å²) >= 11 is 0. The highest BCUT2D eigenvalue weighted by molar-refractivity contribution is 6.17. The Labute approximate surface area is 195 Å². The molecule has 0 spiro atoms. The predicted octanol–water partition coefficient (Wildman–Crippen LogP) is 7.05. The van der Waals surface area contributed by atoms with Gasteiger partial charge < -0.3 is 8.98 Å². The summed E-state index contributed by atoms with van der Waals surface area (Å²) in [6.07, 6.45) is 5.32. The van der Waals surface area contributed by atoms with Gasteiger partial charge in [0, 0.05) is 28.6 Å². The molecule has 5 heterocycles.